The van der Waals surface area contributed by atoms with Crippen LogP contribution in [0.3, 0.4) is 0 Å². The van der Waals surface area contributed by atoms with E-state index in [2.05, 4.69) is 20.2 Å². The third-order valence-electron chi connectivity index (χ3n) is 4.90. The molecule has 0 aromatic carbocycles. The topological polar surface area (TPSA) is 80.1 Å². The molecule has 3 heterocycles. The fourth-order valence-electron chi connectivity index (χ4n) is 3.18. The molecule has 28 heavy (non-hydrogen) atoms. The Hall–Kier alpha value is -1.61. The van der Waals surface area contributed by atoms with Crippen LogP contribution in [0.4, 0.5) is 5.13 Å². The maximum absolute atomic E-state index is 13.1. The minimum atomic E-state index is -0.0440. The van der Waals surface area contributed by atoms with Gasteiger partial charge in [0, 0.05) is 25.7 Å². The SMILES string of the molecule is CCCn1c(SCC(=O)NC(C)CC)nc2nc(N3CCCCC3)sc2c1=O. The molecule has 154 valence electrons. The number of carbonyl (C=O) groups is 1. The van der Waals surface area contributed by atoms with Gasteiger partial charge in [-0.25, -0.2) is 4.98 Å². The zero-order valence-corrected chi connectivity index (χ0v) is 18.5. The van der Waals surface area contributed by atoms with Gasteiger partial charge in [0.1, 0.15) is 4.70 Å². The summed E-state index contributed by atoms with van der Waals surface area (Å²) in [6.07, 6.45) is 5.30. The molecule has 0 aliphatic carbocycles. The lowest BCUT2D eigenvalue weighted by Gasteiger charge is -2.25. The molecule has 1 unspecified atom stereocenters. The molecule has 3 rings (SSSR count). The zero-order valence-electron chi connectivity index (χ0n) is 16.9. The number of thioether (sulfide) groups is 1. The first-order valence-corrected chi connectivity index (χ1v) is 11.9. The summed E-state index contributed by atoms with van der Waals surface area (Å²) in [6.45, 7) is 8.62. The summed E-state index contributed by atoms with van der Waals surface area (Å²) in [6, 6.07) is 0.145. The summed E-state index contributed by atoms with van der Waals surface area (Å²) < 4.78 is 2.31. The molecule has 0 saturated carbocycles. The van der Waals surface area contributed by atoms with Crippen LogP contribution in [0.25, 0.3) is 10.3 Å². The number of piperidine rings is 1. The molecule has 2 aromatic rings. The van der Waals surface area contributed by atoms with Gasteiger partial charge in [0.15, 0.2) is 15.9 Å². The highest BCUT2D eigenvalue weighted by molar-refractivity contribution is 7.99. The van der Waals surface area contributed by atoms with Gasteiger partial charge < -0.3 is 10.2 Å². The van der Waals surface area contributed by atoms with Crippen LogP contribution >= 0.6 is 23.1 Å². The van der Waals surface area contributed by atoms with E-state index in [0.29, 0.717) is 22.0 Å². The molecule has 1 amide bonds. The first-order valence-electron chi connectivity index (χ1n) is 10.1. The number of carbonyl (C=O) groups excluding carboxylic acids is 1. The predicted octanol–water partition coefficient (Wildman–Crippen LogP) is 3.26. The van der Waals surface area contributed by atoms with Crippen LogP contribution in [0, 0.1) is 0 Å². The van der Waals surface area contributed by atoms with Crippen molar-refractivity contribution in [3.05, 3.63) is 10.4 Å². The number of fused-ring (bicyclic) bond motifs is 1. The second-order valence-electron chi connectivity index (χ2n) is 7.21. The van der Waals surface area contributed by atoms with Crippen LogP contribution in [-0.4, -0.2) is 45.3 Å². The van der Waals surface area contributed by atoms with Crippen molar-refractivity contribution in [1.82, 2.24) is 19.9 Å². The van der Waals surface area contributed by atoms with Gasteiger partial charge in [0.05, 0.1) is 5.75 Å². The van der Waals surface area contributed by atoms with E-state index in [1.54, 1.807) is 4.57 Å². The molecule has 1 aliphatic heterocycles. The van der Waals surface area contributed by atoms with Crippen LogP contribution in [0.5, 0.6) is 0 Å². The molecule has 1 N–H and O–H groups in total. The van der Waals surface area contributed by atoms with Gasteiger partial charge in [-0.05, 0) is 39.0 Å². The lowest BCUT2D eigenvalue weighted by Crippen LogP contribution is -2.33. The van der Waals surface area contributed by atoms with Crippen molar-refractivity contribution in [2.75, 3.05) is 23.7 Å². The molecule has 1 saturated heterocycles. The Balaban J connectivity index is 1.87. The van der Waals surface area contributed by atoms with E-state index in [1.165, 1.54) is 29.5 Å². The Morgan fingerprint density at radius 2 is 2.00 bits per heavy atom. The molecule has 2 aromatic heterocycles. The molecule has 1 aliphatic rings. The van der Waals surface area contributed by atoms with E-state index in [4.69, 9.17) is 0 Å². The van der Waals surface area contributed by atoms with Crippen LogP contribution in [-0.2, 0) is 11.3 Å². The molecule has 0 radical (unpaired) electrons. The molecule has 1 fully saturated rings. The Bertz CT molecular complexity index is 873. The molecular formula is C19H29N5O2S2. The second-order valence-corrected chi connectivity index (χ2v) is 9.13. The van der Waals surface area contributed by atoms with Gasteiger partial charge in [-0.3, -0.25) is 14.2 Å². The van der Waals surface area contributed by atoms with Gasteiger partial charge in [-0.15, -0.1) is 0 Å². The summed E-state index contributed by atoms with van der Waals surface area (Å²) in [4.78, 5) is 36.8. The average Bonchev–Trinajstić information content (AvgIpc) is 3.14. The van der Waals surface area contributed by atoms with Gasteiger partial charge >= 0.3 is 0 Å². The smallest absolute Gasteiger partial charge is 0.273 e. The molecule has 1 atom stereocenters. The van der Waals surface area contributed by atoms with Crippen molar-refractivity contribution in [2.45, 2.75) is 70.6 Å². The Labute approximate surface area is 173 Å². The second kappa shape index (κ2) is 9.73. The number of rotatable bonds is 8. The highest BCUT2D eigenvalue weighted by Gasteiger charge is 2.20. The predicted molar refractivity (Wildman–Crippen MR) is 117 cm³/mol. The highest BCUT2D eigenvalue weighted by atomic mass is 32.2. The maximum Gasteiger partial charge on any atom is 0.273 e. The van der Waals surface area contributed by atoms with E-state index in [-0.39, 0.29) is 23.3 Å². The fourth-order valence-corrected chi connectivity index (χ4v) is 5.01. The average molecular weight is 424 g/mol. The third kappa shape index (κ3) is 4.86. The van der Waals surface area contributed by atoms with Crippen molar-refractivity contribution in [3.8, 4) is 0 Å². The standard InChI is InChI=1S/C19H29N5O2S2/c1-4-9-24-17(26)15-16(21-18(28-15)23-10-7-6-8-11-23)22-19(24)27-12-14(25)20-13(3)5-2/h13H,4-12H2,1-3H3,(H,20,25). The van der Waals surface area contributed by atoms with Gasteiger partial charge in [-0.2, -0.15) is 4.98 Å². The normalized spacial score (nSPS) is 15.8. The van der Waals surface area contributed by atoms with E-state index in [9.17, 15) is 9.59 Å². The number of hydrogen-bond acceptors (Lipinski definition) is 7. The quantitative estimate of drug-likeness (QED) is 0.519. The van der Waals surface area contributed by atoms with E-state index < -0.39 is 0 Å². The number of anilines is 1. The van der Waals surface area contributed by atoms with Gasteiger partial charge in [0.2, 0.25) is 5.91 Å². The van der Waals surface area contributed by atoms with E-state index >= 15 is 0 Å². The Morgan fingerprint density at radius 1 is 1.25 bits per heavy atom. The molecule has 0 bridgehead atoms. The van der Waals surface area contributed by atoms with Crippen molar-refractivity contribution in [1.29, 1.82) is 0 Å². The molecule has 7 nitrogen and oxygen atoms in total. The van der Waals surface area contributed by atoms with E-state index in [0.717, 1.165) is 43.9 Å². The van der Waals surface area contributed by atoms with Crippen molar-refractivity contribution in [3.63, 3.8) is 0 Å². The van der Waals surface area contributed by atoms with Crippen LogP contribution < -0.4 is 15.8 Å². The van der Waals surface area contributed by atoms with Gasteiger partial charge in [-0.1, -0.05) is 36.9 Å². The number of amides is 1. The number of thiazole rings is 1. The van der Waals surface area contributed by atoms with Gasteiger partial charge in [0.25, 0.3) is 5.56 Å². The Kier molecular flexibility index (Phi) is 7.34. The minimum absolute atomic E-state index is 0.0379. The number of nitrogens with zero attached hydrogens (tertiary/aromatic N) is 4. The molecule has 9 heteroatoms. The monoisotopic (exact) mass is 423 g/mol. The van der Waals surface area contributed by atoms with Crippen molar-refractivity contribution in [2.24, 2.45) is 0 Å². The third-order valence-corrected chi connectivity index (χ3v) is 6.97. The summed E-state index contributed by atoms with van der Waals surface area (Å²) in [7, 11) is 0. The number of hydrogen-bond donors (Lipinski definition) is 1. The Morgan fingerprint density at radius 3 is 2.68 bits per heavy atom. The summed E-state index contributed by atoms with van der Waals surface area (Å²) in [5, 5.41) is 4.42. The summed E-state index contributed by atoms with van der Waals surface area (Å²) in [5.41, 5.74) is 0.463. The first-order chi connectivity index (χ1) is 13.5. The largest absolute Gasteiger partial charge is 0.353 e. The summed E-state index contributed by atoms with van der Waals surface area (Å²) >= 11 is 2.76. The summed E-state index contributed by atoms with van der Waals surface area (Å²) in [5.74, 6) is 0.207. The maximum atomic E-state index is 13.1. The van der Waals surface area contributed by atoms with Crippen LogP contribution in [0.2, 0.25) is 0 Å². The zero-order chi connectivity index (χ0) is 20.1. The highest BCUT2D eigenvalue weighted by Crippen LogP contribution is 2.29. The van der Waals surface area contributed by atoms with E-state index in [1.807, 2.05) is 20.8 Å². The van der Waals surface area contributed by atoms with Crippen molar-refractivity contribution < 1.29 is 4.79 Å². The number of aromatic nitrogens is 3. The minimum Gasteiger partial charge on any atom is -0.353 e. The molecule has 0 spiro atoms. The van der Waals surface area contributed by atoms with Crippen LogP contribution in [0.1, 0.15) is 52.9 Å². The lowest BCUT2D eigenvalue weighted by molar-refractivity contribution is -0.119. The molecular weight excluding hydrogens is 394 g/mol. The van der Waals surface area contributed by atoms with Crippen molar-refractivity contribution >= 4 is 44.5 Å². The lowest BCUT2D eigenvalue weighted by atomic mass is 10.1. The number of nitrogens with one attached hydrogen (secondary N) is 1. The first kappa shape index (κ1) is 21.1. The fraction of sp³-hybridized carbons (Fsp3) is 0.684. The van der Waals surface area contributed by atoms with Crippen LogP contribution in [0.15, 0.2) is 9.95 Å².